The van der Waals surface area contributed by atoms with Gasteiger partial charge in [0.05, 0.1) is 13.2 Å². The third kappa shape index (κ3) is 5.52. The van der Waals surface area contributed by atoms with Crippen LogP contribution in [0.25, 0.3) is 22.8 Å². The van der Waals surface area contributed by atoms with E-state index >= 15 is 0 Å². The van der Waals surface area contributed by atoms with Gasteiger partial charge in [0, 0.05) is 11.1 Å². The fraction of sp³-hybridized carbons (Fsp3) is 0.348. The van der Waals surface area contributed by atoms with Crippen molar-refractivity contribution in [2.75, 3.05) is 13.2 Å². The standard InChI is InChI=1S/C23H27N3O2/c1-3-5-15-27-20-11-7-18(8-12-20)22-24-17-25-23(26-22)19-9-13-21(14-10-19)28-16-6-4-2/h7-14,17H,3-6,15-16H2,1-2H3. The molecular weight excluding hydrogens is 350 g/mol. The van der Waals surface area contributed by atoms with E-state index in [2.05, 4.69) is 28.8 Å². The minimum atomic E-state index is 0.647. The van der Waals surface area contributed by atoms with Crippen LogP contribution in [0.2, 0.25) is 0 Å². The molecule has 0 N–H and O–H groups in total. The van der Waals surface area contributed by atoms with Gasteiger partial charge in [-0.1, -0.05) is 26.7 Å². The summed E-state index contributed by atoms with van der Waals surface area (Å²) in [5.74, 6) is 3.03. The van der Waals surface area contributed by atoms with Gasteiger partial charge < -0.3 is 9.47 Å². The highest BCUT2D eigenvalue weighted by Crippen LogP contribution is 2.23. The summed E-state index contributed by atoms with van der Waals surface area (Å²) in [6.45, 7) is 5.78. The van der Waals surface area contributed by atoms with Crippen molar-refractivity contribution >= 4 is 0 Å². The number of benzene rings is 2. The van der Waals surface area contributed by atoms with Crippen LogP contribution in [0.4, 0.5) is 0 Å². The normalized spacial score (nSPS) is 10.6. The first kappa shape index (κ1) is 19.8. The van der Waals surface area contributed by atoms with E-state index in [1.54, 1.807) is 6.33 Å². The van der Waals surface area contributed by atoms with Gasteiger partial charge in [0.2, 0.25) is 0 Å². The summed E-state index contributed by atoms with van der Waals surface area (Å²) in [6.07, 6.45) is 5.91. The second kappa shape index (κ2) is 10.4. The predicted octanol–water partition coefficient (Wildman–Crippen LogP) is 5.56. The SMILES string of the molecule is CCCCOc1ccc(-c2ncnc(-c3ccc(OCCCC)cc3)n2)cc1. The molecule has 0 spiro atoms. The Hall–Kier alpha value is -2.95. The summed E-state index contributed by atoms with van der Waals surface area (Å²) in [4.78, 5) is 13.3. The first-order valence-electron chi connectivity index (χ1n) is 9.95. The molecule has 5 nitrogen and oxygen atoms in total. The first-order chi connectivity index (χ1) is 13.8. The molecule has 146 valence electrons. The smallest absolute Gasteiger partial charge is 0.163 e. The average molecular weight is 377 g/mol. The van der Waals surface area contributed by atoms with Crippen LogP contribution in [0.3, 0.4) is 0 Å². The lowest BCUT2D eigenvalue weighted by molar-refractivity contribution is 0.309. The fourth-order valence-electron chi connectivity index (χ4n) is 2.64. The van der Waals surface area contributed by atoms with E-state index in [9.17, 15) is 0 Å². The maximum absolute atomic E-state index is 5.71. The van der Waals surface area contributed by atoms with Crippen LogP contribution in [0.15, 0.2) is 54.9 Å². The van der Waals surface area contributed by atoms with Crippen molar-refractivity contribution < 1.29 is 9.47 Å². The van der Waals surface area contributed by atoms with Gasteiger partial charge in [0.15, 0.2) is 11.6 Å². The van der Waals surface area contributed by atoms with Crippen molar-refractivity contribution in [1.82, 2.24) is 15.0 Å². The molecular formula is C23H27N3O2. The first-order valence-corrected chi connectivity index (χ1v) is 9.95. The average Bonchev–Trinajstić information content (AvgIpc) is 2.75. The Morgan fingerprint density at radius 3 is 1.46 bits per heavy atom. The van der Waals surface area contributed by atoms with Gasteiger partial charge in [0.1, 0.15) is 17.8 Å². The number of aromatic nitrogens is 3. The lowest BCUT2D eigenvalue weighted by Crippen LogP contribution is -1.98. The fourth-order valence-corrected chi connectivity index (χ4v) is 2.64. The summed E-state index contributed by atoms with van der Waals surface area (Å²) in [5, 5.41) is 0. The Bertz CT molecular complexity index is 780. The Labute approximate surface area is 166 Å². The molecule has 0 aliphatic carbocycles. The molecule has 0 aliphatic heterocycles. The molecule has 28 heavy (non-hydrogen) atoms. The quantitative estimate of drug-likeness (QED) is 0.433. The molecule has 0 saturated carbocycles. The molecule has 0 radical (unpaired) electrons. The Morgan fingerprint density at radius 2 is 1.07 bits per heavy atom. The molecule has 0 saturated heterocycles. The van der Waals surface area contributed by atoms with E-state index in [0.29, 0.717) is 11.6 Å². The number of hydrogen-bond donors (Lipinski definition) is 0. The molecule has 5 heteroatoms. The van der Waals surface area contributed by atoms with Crippen molar-refractivity contribution in [2.24, 2.45) is 0 Å². The van der Waals surface area contributed by atoms with Gasteiger partial charge in [0.25, 0.3) is 0 Å². The highest BCUT2D eigenvalue weighted by atomic mass is 16.5. The van der Waals surface area contributed by atoms with Crippen LogP contribution in [-0.4, -0.2) is 28.2 Å². The second-order valence-corrected chi connectivity index (χ2v) is 6.59. The second-order valence-electron chi connectivity index (χ2n) is 6.59. The Morgan fingerprint density at radius 1 is 0.643 bits per heavy atom. The molecule has 1 heterocycles. The largest absolute Gasteiger partial charge is 0.494 e. The third-order valence-electron chi connectivity index (χ3n) is 4.33. The van der Waals surface area contributed by atoms with Gasteiger partial charge in [-0.25, -0.2) is 15.0 Å². The number of rotatable bonds is 10. The molecule has 0 bridgehead atoms. The molecule has 2 aromatic carbocycles. The van der Waals surface area contributed by atoms with E-state index in [4.69, 9.17) is 9.47 Å². The van der Waals surface area contributed by atoms with Crippen molar-refractivity contribution in [1.29, 1.82) is 0 Å². The number of hydrogen-bond acceptors (Lipinski definition) is 5. The molecule has 3 rings (SSSR count). The van der Waals surface area contributed by atoms with Gasteiger partial charge in [-0.05, 0) is 61.4 Å². The summed E-state index contributed by atoms with van der Waals surface area (Å²) in [7, 11) is 0. The zero-order valence-electron chi connectivity index (χ0n) is 16.6. The minimum absolute atomic E-state index is 0.647. The topological polar surface area (TPSA) is 57.1 Å². The number of nitrogens with zero attached hydrogens (tertiary/aromatic N) is 3. The summed E-state index contributed by atoms with van der Waals surface area (Å²) < 4.78 is 11.4. The Kier molecular flexibility index (Phi) is 7.36. The lowest BCUT2D eigenvalue weighted by atomic mass is 10.2. The van der Waals surface area contributed by atoms with E-state index in [0.717, 1.165) is 61.5 Å². The van der Waals surface area contributed by atoms with E-state index < -0.39 is 0 Å². The minimum Gasteiger partial charge on any atom is -0.494 e. The van der Waals surface area contributed by atoms with Crippen molar-refractivity contribution in [3.63, 3.8) is 0 Å². The van der Waals surface area contributed by atoms with Gasteiger partial charge >= 0.3 is 0 Å². The zero-order chi connectivity index (χ0) is 19.6. The van der Waals surface area contributed by atoms with Gasteiger partial charge in [-0.3, -0.25) is 0 Å². The maximum Gasteiger partial charge on any atom is 0.163 e. The van der Waals surface area contributed by atoms with Crippen LogP contribution >= 0.6 is 0 Å². The summed E-state index contributed by atoms with van der Waals surface area (Å²) in [6, 6.07) is 15.7. The molecule has 0 fully saturated rings. The van der Waals surface area contributed by atoms with Crippen LogP contribution in [0.1, 0.15) is 39.5 Å². The predicted molar refractivity (Wildman–Crippen MR) is 112 cm³/mol. The maximum atomic E-state index is 5.71. The van der Waals surface area contributed by atoms with Gasteiger partial charge in [-0.2, -0.15) is 0 Å². The van der Waals surface area contributed by atoms with E-state index in [1.807, 2.05) is 48.5 Å². The molecule has 0 amide bonds. The van der Waals surface area contributed by atoms with Gasteiger partial charge in [-0.15, -0.1) is 0 Å². The van der Waals surface area contributed by atoms with Crippen LogP contribution in [0.5, 0.6) is 11.5 Å². The Balaban J connectivity index is 1.70. The lowest BCUT2D eigenvalue weighted by Gasteiger charge is -2.08. The monoisotopic (exact) mass is 377 g/mol. The van der Waals surface area contributed by atoms with Crippen molar-refractivity contribution in [3.8, 4) is 34.3 Å². The molecule has 0 aliphatic rings. The number of ether oxygens (including phenoxy) is 2. The third-order valence-corrected chi connectivity index (χ3v) is 4.33. The highest BCUT2D eigenvalue weighted by Gasteiger charge is 2.07. The molecule has 0 unspecified atom stereocenters. The molecule has 3 aromatic rings. The summed E-state index contributed by atoms with van der Waals surface area (Å²) in [5.41, 5.74) is 1.87. The van der Waals surface area contributed by atoms with Crippen molar-refractivity contribution in [2.45, 2.75) is 39.5 Å². The van der Waals surface area contributed by atoms with E-state index in [-0.39, 0.29) is 0 Å². The molecule has 1 aromatic heterocycles. The van der Waals surface area contributed by atoms with Crippen molar-refractivity contribution in [3.05, 3.63) is 54.9 Å². The highest BCUT2D eigenvalue weighted by molar-refractivity contribution is 5.61. The van der Waals surface area contributed by atoms with Crippen LogP contribution in [-0.2, 0) is 0 Å². The zero-order valence-corrected chi connectivity index (χ0v) is 16.6. The van der Waals surface area contributed by atoms with Crippen LogP contribution < -0.4 is 9.47 Å². The van der Waals surface area contributed by atoms with E-state index in [1.165, 1.54) is 0 Å². The molecule has 0 atom stereocenters. The summed E-state index contributed by atoms with van der Waals surface area (Å²) >= 11 is 0. The van der Waals surface area contributed by atoms with Crippen LogP contribution in [0, 0.1) is 0 Å². The number of unbranched alkanes of at least 4 members (excludes halogenated alkanes) is 2.